The van der Waals surface area contributed by atoms with Crippen LogP contribution in [-0.4, -0.2) is 0 Å². The predicted molar refractivity (Wildman–Crippen MR) is 54.4 cm³/mol. The second kappa shape index (κ2) is 3.36. The van der Waals surface area contributed by atoms with Gasteiger partial charge in [-0.05, 0) is 29.9 Å². The zero-order chi connectivity index (χ0) is 8.39. The van der Waals surface area contributed by atoms with E-state index >= 15 is 0 Å². The van der Waals surface area contributed by atoms with Crippen molar-refractivity contribution in [1.29, 1.82) is 0 Å². The van der Waals surface area contributed by atoms with Crippen LogP contribution in [0.15, 0.2) is 40.1 Å². The Morgan fingerprint density at radius 3 is 3.00 bits per heavy atom. The molecular formula is C11H12S. The lowest BCUT2D eigenvalue weighted by Gasteiger charge is -2.14. The molecule has 12 heavy (non-hydrogen) atoms. The maximum Gasteiger partial charge on any atom is 0.0151 e. The molecule has 1 aromatic rings. The SMILES string of the molecule is CCC1=CSc2ccccc2C1. The fourth-order valence-electron chi connectivity index (χ4n) is 1.41. The van der Waals surface area contributed by atoms with Crippen molar-refractivity contribution in [2.24, 2.45) is 0 Å². The van der Waals surface area contributed by atoms with Crippen LogP contribution in [-0.2, 0) is 6.42 Å². The summed E-state index contributed by atoms with van der Waals surface area (Å²) in [6.45, 7) is 2.22. The van der Waals surface area contributed by atoms with E-state index in [0.717, 1.165) is 6.42 Å². The average molecular weight is 176 g/mol. The first-order valence-electron chi connectivity index (χ1n) is 4.32. The molecule has 0 aromatic heterocycles. The number of allylic oxidation sites excluding steroid dienone is 1. The van der Waals surface area contributed by atoms with Gasteiger partial charge in [0.05, 0.1) is 0 Å². The monoisotopic (exact) mass is 176 g/mol. The number of hydrogen-bond donors (Lipinski definition) is 0. The summed E-state index contributed by atoms with van der Waals surface area (Å²) in [5, 5.41) is 2.29. The molecule has 0 saturated heterocycles. The first-order chi connectivity index (χ1) is 5.90. The molecule has 1 heterocycles. The van der Waals surface area contributed by atoms with E-state index in [4.69, 9.17) is 0 Å². The van der Waals surface area contributed by atoms with Crippen LogP contribution in [0.2, 0.25) is 0 Å². The number of rotatable bonds is 1. The maximum absolute atomic E-state index is 2.29. The molecule has 0 nitrogen and oxygen atoms in total. The summed E-state index contributed by atoms with van der Waals surface area (Å²) in [5.74, 6) is 0. The van der Waals surface area contributed by atoms with Crippen molar-refractivity contribution < 1.29 is 0 Å². The molecule has 0 radical (unpaired) electrons. The highest BCUT2D eigenvalue weighted by Gasteiger charge is 2.08. The predicted octanol–water partition coefficient (Wildman–Crippen LogP) is 3.63. The van der Waals surface area contributed by atoms with Gasteiger partial charge in [-0.15, -0.1) is 0 Å². The maximum atomic E-state index is 2.29. The summed E-state index contributed by atoms with van der Waals surface area (Å²) in [4.78, 5) is 1.43. The molecule has 1 heteroatoms. The van der Waals surface area contributed by atoms with Crippen LogP contribution >= 0.6 is 11.8 Å². The quantitative estimate of drug-likeness (QED) is 0.629. The van der Waals surface area contributed by atoms with Gasteiger partial charge in [0.15, 0.2) is 0 Å². The summed E-state index contributed by atoms with van der Waals surface area (Å²) >= 11 is 1.86. The Balaban J connectivity index is 2.31. The normalized spacial score (nSPS) is 15.2. The van der Waals surface area contributed by atoms with E-state index in [-0.39, 0.29) is 0 Å². The van der Waals surface area contributed by atoms with Crippen LogP contribution in [0.4, 0.5) is 0 Å². The standard InChI is InChI=1S/C11H12S/c1-2-9-7-10-5-3-4-6-11(10)12-8-9/h3-6,8H,2,7H2,1H3. The molecule has 0 bridgehead atoms. The third-order valence-corrected chi connectivity index (χ3v) is 3.30. The Hall–Kier alpha value is -0.690. The zero-order valence-electron chi connectivity index (χ0n) is 7.21. The second-order valence-corrected chi connectivity index (χ2v) is 3.94. The molecule has 0 N–H and O–H groups in total. The van der Waals surface area contributed by atoms with Crippen LogP contribution in [0, 0.1) is 0 Å². The fourth-order valence-corrected chi connectivity index (χ4v) is 2.40. The largest absolute Gasteiger partial charge is 0.0978 e. The molecule has 62 valence electrons. The van der Waals surface area contributed by atoms with Gasteiger partial charge in [0.2, 0.25) is 0 Å². The van der Waals surface area contributed by atoms with Crippen LogP contribution in [0.3, 0.4) is 0 Å². The van der Waals surface area contributed by atoms with Crippen molar-refractivity contribution in [3.05, 3.63) is 40.8 Å². The van der Waals surface area contributed by atoms with Crippen molar-refractivity contribution in [2.75, 3.05) is 0 Å². The van der Waals surface area contributed by atoms with Gasteiger partial charge >= 0.3 is 0 Å². The molecule has 0 fully saturated rings. The zero-order valence-corrected chi connectivity index (χ0v) is 8.03. The smallest absolute Gasteiger partial charge is 0.0151 e. The third kappa shape index (κ3) is 1.42. The molecule has 0 atom stereocenters. The van der Waals surface area contributed by atoms with Gasteiger partial charge < -0.3 is 0 Å². The molecule has 1 aliphatic heterocycles. The molecule has 2 rings (SSSR count). The summed E-state index contributed by atoms with van der Waals surface area (Å²) in [6, 6.07) is 8.66. The Kier molecular flexibility index (Phi) is 2.22. The van der Waals surface area contributed by atoms with E-state index in [1.54, 1.807) is 5.57 Å². The highest BCUT2D eigenvalue weighted by Crippen LogP contribution is 2.32. The van der Waals surface area contributed by atoms with E-state index in [1.165, 1.54) is 16.9 Å². The molecule has 1 aliphatic rings. The Morgan fingerprint density at radius 2 is 2.17 bits per heavy atom. The number of thioether (sulfide) groups is 1. The molecule has 1 aromatic carbocycles. The van der Waals surface area contributed by atoms with E-state index in [0.29, 0.717) is 0 Å². The van der Waals surface area contributed by atoms with Gasteiger partial charge in [0, 0.05) is 4.90 Å². The van der Waals surface area contributed by atoms with E-state index in [9.17, 15) is 0 Å². The van der Waals surface area contributed by atoms with Gasteiger partial charge in [-0.1, -0.05) is 42.5 Å². The topological polar surface area (TPSA) is 0 Å². The van der Waals surface area contributed by atoms with Crippen molar-refractivity contribution >= 4 is 11.8 Å². The minimum absolute atomic E-state index is 1.15. The van der Waals surface area contributed by atoms with Crippen molar-refractivity contribution in [3.8, 4) is 0 Å². The average Bonchev–Trinajstić information content (AvgIpc) is 2.17. The molecule has 0 unspecified atom stereocenters. The second-order valence-electron chi connectivity index (χ2n) is 3.03. The molecule has 0 amide bonds. The van der Waals surface area contributed by atoms with Gasteiger partial charge in [0.1, 0.15) is 0 Å². The lowest BCUT2D eigenvalue weighted by Crippen LogP contribution is -1.95. The van der Waals surface area contributed by atoms with Crippen molar-refractivity contribution in [3.63, 3.8) is 0 Å². The summed E-state index contributed by atoms with van der Waals surface area (Å²) in [7, 11) is 0. The van der Waals surface area contributed by atoms with Gasteiger partial charge in [0.25, 0.3) is 0 Å². The Bertz CT molecular complexity index is 313. The van der Waals surface area contributed by atoms with Crippen LogP contribution in [0.25, 0.3) is 0 Å². The minimum Gasteiger partial charge on any atom is -0.0978 e. The van der Waals surface area contributed by atoms with Crippen molar-refractivity contribution in [1.82, 2.24) is 0 Å². The first-order valence-corrected chi connectivity index (χ1v) is 5.20. The molecule has 0 saturated carbocycles. The van der Waals surface area contributed by atoms with E-state index in [1.807, 2.05) is 11.8 Å². The van der Waals surface area contributed by atoms with Gasteiger partial charge in [-0.3, -0.25) is 0 Å². The Morgan fingerprint density at radius 1 is 1.33 bits per heavy atom. The fraction of sp³-hybridized carbons (Fsp3) is 0.273. The highest BCUT2D eigenvalue weighted by molar-refractivity contribution is 8.02. The van der Waals surface area contributed by atoms with E-state index in [2.05, 4.69) is 36.6 Å². The van der Waals surface area contributed by atoms with Crippen LogP contribution in [0.1, 0.15) is 18.9 Å². The molecule has 0 spiro atoms. The Labute approximate surface area is 77.7 Å². The van der Waals surface area contributed by atoms with Crippen LogP contribution < -0.4 is 0 Å². The summed E-state index contributed by atoms with van der Waals surface area (Å²) in [6.07, 6.45) is 2.33. The van der Waals surface area contributed by atoms with Crippen molar-refractivity contribution in [2.45, 2.75) is 24.7 Å². The van der Waals surface area contributed by atoms with Gasteiger partial charge in [-0.2, -0.15) is 0 Å². The first kappa shape index (κ1) is 7.93. The number of hydrogen-bond acceptors (Lipinski definition) is 1. The van der Waals surface area contributed by atoms with E-state index < -0.39 is 0 Å². The lowest BCUT2D eigenvalue weighted by atomic mass is 10.0. The minimum atomic E-state index is 1.15. The number of benzene rings is 1. The molecule has 0 aliphatic carbocycles. The summed E-state index contributed by atoms with van der Waals surface area (Å²) in [5.41, 5.74) is 3.04. The van der Waals surface area contributed by atoms with Gasteiger partial charge in [-0.25, -0.2) is 0 Å². The molecular weight excluding hydrogens is 164 g/mol. The lowest BCUT2D eigenvalue weighted by molar-refractivity contribution is 0.982. The number of fused-ring (bicyclic) bond motifs is 1. The highest BCUT2D eigenvalue weighted by atomic mass is 32.2. The summed E-state index contributed by atoms with van der Waals surface area (Å²) < 4.78 is 0. The third-order valence-electron chi connectivity index (χ3n) is 2.20. The van der Waals surface area contributed by atoms with Crippen LogP contribution in [0.5, 0.6) is 0 Å².